The molecule has 2 N–H and O–H groups in total. The fourth-order valence-corrected chi connectivity index (χ4v) is 2.49. The van der Waals surface area contributed by atoms with Gasteiger partial charge in [0.25, 0.3) is 5.69 Å². The molecule has 0 aliphatic heterocycles. The third kappa shape index (κ3) is 4.46. The number of allylic oxidation sites excluding steroid dienone is 1. The van der Waals surface area contributed by atoms with Crippen molar-refractivity contribution in [1.29, 1.82) is 0 Å². The Balaban J connectivity index is 1.90. The van der Waals surface area contributed by atoms with Crippen LogP contribution in [0.1, 0.15) is 25.7 Å². The average molecular weight is 310 g/mol. The highest BCUT2D eigenvalue weighted by atomic mass is 35.5. The van der Waals surface area contributed by atoms with E-state index in [2.05, 4.69) is 10.6 Å². The monoisotopic (exact) mass is 309 g/mol. The SMILES string of the molecule is O=C(N/C=C/C1CCCC1)Nc1ccc(Cl)c([N+](=O)[O-])c1. The number of amides is 2. The number of nitrogens with zero attached hydrogens (tertiary/aromatic N) is 1. The summed E-state index contributed by atoms with van der Waals surface area (Å²) in [5, 5.41) is 15.9. The zero-order valence-corrected chi connectivity index (χ0v) is 12.1. The van der Waals surface area contributed by atoms with Crippen LogP contribution in [0.15, 0.2) is 30.5 Å². The first-order valence-electron chi connectivity index (χ1n) is 6.74. The molecular formula is C14H16ClN3O3. The van der Waals surface area contributed by atoms with Gasteiger partial charge in [0.05, 0.1) is 4.92 Å². The minimum Gasteiger partial charge on any atom is -0.315 e. The minimum atomic E-state index is -0.592. The number of hydrogen-bond donors (Lipinski definition) is 2. The van der Waals surface area contributed by atoms with Crippen LogP contribution in [0.4, 0.5) is 16.2 Å². The summed E-state index contributed by atoms with van der Waals surface area (Å²) in [4.78, 5) is 21.8. The lowest BCUT2D eigenvalue weighted by atomic mass is 10.1. The number of urea groups is 1. The van der Waals surface area contributed by atoms with Crippen LogP contribution in [0.3, 0.4) is 0 Å². The van der Waals surface area contributed by atoms with Crippen molar-refractivity contribution in [3.05, 3.63) is 45.6 Å². The van der Waals surface area contributed by atoms with Gasteiger partial charge in [-0.25, -0.2) is 4.79 Å². The van der Waals surface area contributed by atoms with Crippen molar-refractivity contribution < 1.29 is 9.72 Å². The number of carbonyl (C=O) groups is 1. The summed E-state index contributed by atoms with van der Waals surface area (Å²) < 4.78 is 0. The second kappa shape index (κ2) is 7.08. The number of nitro benzene ring substituents is 1. The van der Waals surface area contributed by atoms with Gasteiger partial charge in [0.1, 0.15) is 5.02 Å². The van der Waals surface area contributed by atoms with E-state index in [4.69, 9.17) is 11.6 Å². The van der Waals surface area contributed by atoms with Gasteiger partial charge in [-0.05, 0) is 30.9 Å². The molecule has 112 valence electrons. The summed E-state index contributed by atoms with van der Waals surface area (Å²) in [6, 6.07) is 3.67. The van der Waals surface area contributed by atoms with Crippen molar-refractivity contribution in [1.82, 2.24) is 5.32 Å². The molecule has 2 rings (SSSR count). The van der Waals surface area contributed by atoms with E-state index in [-0.39, 0.29) is 10.7 Å². The number of anilines is 1. The van der Waals surface area contributed by atoms with Gasteiger partial charge in [-0.2, -0.15) is 0 Å². The van der Waals surface area contributed by atoms with Gasteiger partial charge in [0.15, 0.2) is 0 Å². The maximum absolute atomic E-state index is 11.7. The van der Waals surface area contributed by atoms with Gasteiger partial charge in [0.2, 0.25) is 0 Å². The average Bonchev–Trinajstić information content (AvgIpc) is 2.94. The van der Waals surface area contributed by atoms with Crippen LogP contribution in [0, 0.1) is 16.0 Å². The fourth-order valence-electron chi connectivity index (χ4n) is 2.31. The number of halogens is 1. The molecule has 21 heavy (non-hydrogen) atoms. The van der Waals surface area contributed by atoms with Crippen LogP contribution in [-0.2, 0) is 0 Å². The van der Waals surface area contributed by atoms with E-state index >= 15 is 0 Å². The van der Waals surface area contributed by atoms with Gasteiger partial charge in [-0.15, -0.1) is 0 Å². The van der Waals surface area contributed by atoms with E-state index in [0.717, 1.165) is 12.8 Å². The predicted molar refractivity (Wildman–Crippen MR) is 81.4 cm³/mol. The molecule has 2 amide bonds. The Hall–Kier alpha value is -2.08. The normalized spacial score (nSPS) is 15.3. The molecule has 1 aliphatic rings. The first kappa shape index (κ1) is 15.3. The lowest BCUT2D eigenvalue weighted by molar-refractivity contribution is -0.384. The van der Waals surface area contributed by atoms with Crippen LogP contribution >= 0.6 is 11.6 Å². The molecule has 1 aliphatic carbocycles. The van der Waals surface area contributed by atoms with Crippen molar-refractivity contribution >= 4 is 29.0 Å². The van der Waals surface area contributed by atoms with E-state index in [1.807, 2.05) is 6.08 Å². The molecule has 0 radical (unpaired) electrons. The van der Waals surface area contributed by atoms with Crippen LogP contribution in [-0.4, -0.2) is 11.0 Å². The third-order valence-corrected chi connectivity index (χ3v) is 3.70. The van der Waals surface area contributed by atoms with Crippen molar-refractivity contribution in [2.75, 3.05) is 5.32 Å². The number of rotatable bonds is 4. The number of benzene rings is 1. The molecule has 0 saturated heterocycles. The molecule has 1 fully saturated rings. The predicted octanol–water partition coefficient (Wildman–Crippen LogP) is 4.07. The molecule has 0 aromatic heterocycles. The molecule has 0 bridgehead atoms. The largest absolute Gasteiger partial charge is 0.323 e. The first-order chi connectivity index (χ1) is 10.1. The Morgan fingerprint density at radius 3 is 2.76 bits per heavy atom. The van der Waals surface area contributed by atoms with Crippen LogP contribution in [0.5, 0.6) is 0 Å². The maximum atomic E-state index is 11.7. The summed E-state index contributed by atoms with van der Waals surface area (Å²) >= 11 is 5.70. The smallest absolute Gasteiger partial charge is 0.315 e. The quantitative estimate of drug-likeness (QED) is 0.649. The van der Waals surface area contributed by atoms with Gasteiger partial charge in [-0.1, -0.05) is 30.5 Å². The zero-order valence-electron chi connectivity index (χ0n) is 11.3. The summed E-state index contributed by atoms with van der Waals surface area (Å²) in [7, 11) is 0. The number of nitrogens with one attached hydrogen (secondary N) is 2. The molecule has 6 nitrogen and oxygen atoms in total. The molecular weight excluding hydrogens is 294 g/mol. The van der Waals surface area contributed by atoms with Crippen LogP contribution in [0.25, 0.3) is 0 Å². The molecule has 1 saturated carbocycles. The minimum absolute atomic E-state index is 0.0343. The number of nitro groups is 1. The van der Waals surface area contributed by atoms with E-state index in [0.29, 0.717) is 11.6 Å². The van der Waals surface area contributed by atoms with E-state index in [1.54, 1.807) is 6.20 Å². The van der Waals surface area contributed by atoms with Crippen molar-refractivity contribution in [3.63, 3.8) is 0 Å². The molecule has 1 aromatic carbocycles. The Kier molecular flexibility index (Phi) is 5.16. The standard InChI is InChI=1S/C14H16ClN3O3/c15-12-6-5-11(9-13(12)18(20)21)17-14(19)16-8-7-10-3-1-2-4-10/h5-10H,1-4H2,(H2,16,17,19)/b8-7+. The van der Waals surface area contributed by atoms with E-state index < -0.39 is 11.0 Å². The number of hydrogen-bond acceptors (Lipinski definition) is 3. The summed E-state index contributed by atoms with van der Waals surface area (Å²) in [6.07, 6.45) is 8.38. The molecule has 0 spiro atoms. The lowest BCUT2D eigenvalue weighted by Crippen LogP contribution is -2.24. The number of carbonyl (C=O) groups excluding carboxylic acids is 1. The highest BCUT2D eigenvalue weighted by Crippen LogP contribution is 2.27. The van der Waals surface area contributed by atoms with Crippen molar-refractivity contribution in [2.45, 2.75) is 25.7 Å². The van der Waals surface area contributed by atoms with Gasteiger partial charge in [-0.3, -0.25) is 10.1 Å². The topological polar surface area (TPSA) is 84.3 Å². The summed E-state index contributed by atoms with van der Waals surface area (Å²) in [5.74, 6) is 0.530. The molecule has 1 aromatic rings. The van der Waals surface area contributed by atoms with Crippen molar-refractivity contribution in [2.24, 2.45) is 5.92 Å². The van der Waals surface area contributed by atoms with Gasteiger partial charge < -0.3 is 10.6 Å². The second-order valence-corrected chi connectivity index (χ2v) is 5.33. The van der Waals surface area contributed by atoms with Crippen LogP contribution in [0.2, 0.25) is 5.02 Å². The highest BCUT2D eigenvalue weighted by Gasteiger charge is 2.14. The van der Waals surface area contributed by atoms with Crippen LogP contribution < -0.4 is 10.6 Å². The fraction of sp³-hybridized carbons (Fsp3) is 0.357. The highest BCUT2D eigenvalue weighted by molar-refractivity contribution is 6.32. The van der Waals surface area contributed by atoms with E-state index in [1.165, 1.54) is 31.0 Å². The Bertz CT molecular complexity index is 569. The maximum Gasteiger partial charge on any atom is 0.323 e. The molecule has 0 atom stereocenters. The molecule has 0 unspecified atom stereocenters. The molecule has 0 heterocycles. The first-order valence-corrected chi connectivity index (χ1v) is 7.12. The second-order valence-electron chi connectivity index (χ2n) is 4.93. The van der Waals surface area contributed by atoms with Gasteiger partial charge >= 0.3 is 6.03 Å². The Labute approximate surface area is 127 Å². The lowest BCUT2D eigenvalue weighted by Gasteiger charge is -2.06. The van der Waals surface area contributed by atoms with E-state index in [9.17, 15) is 14.9 Å². The summed E-state index contributed by atoms with van der Waals surface area (Å²) in [5.41, 5.74) is 0.0776. The molecule has 7 heteroatoms. The Morgan fingerprint density at radius 2 is 2.10 bits per heavy atom. The zero-order chi connectivity index (χ0) is 15.2. The summed E-state index contributed by atoms with van der Waals surface area (Å²) in [6.45, 7) is 0. The van der Waals surface area contributed by atoms with Crippen molar-refractivity contribution in [3.8, 4) is 0 Å². The Morgan fingerprint density at radius 1 is 1.38 bits per heavy atom. The third-order valence-electron chi connectivity index (χ3n) is 3.38. The van der Waals surface area contributed by atoms with Gasteiger partial charge in [0, 0.05) is 18.0 Å².